The van der Waals surface area contributed by atoms with Crippen molar-refractivity contribution < 1.29 is 18.7 Å². The Kier molecular flexibility index (Phi) is 6.40. The molecule has 0 aliphatic carbocycles. The van der Waals surface area contributed by atoms with Gasteiger partial charge in [0.1, 0.15) is 11.6 Å². The topological polar surface area (TPSA) is 97.6 Å². The number of rotatable bonds is 8. The van der Waals surface area contributed by atoms with Crippen LogP contribution in [0.3, 0.4) is 0 Å². The molecule has 29 heavy (non-hydrogen) atoms. The number of benzene rings is 1. The maximum atomic E-state index is 13.3. The normalized spacial score (nSPS) is 10.6. The third-order valence-corrected chi connectivity index (χ3v) is 4.08. The molecule has 0 bridgehead atoms. The zero-order chi connectivity index (χ0) is 20.8. The van der Waals surface area contributed by atoms with Crippen molar-refractivity contribution >= 4 is 29.1 Å². The number of carbonyl (C=O) groups excluding carboxylic acids is 2. The molecule has 0 unspecified atom stereocenters. The molecule has 2 aromatic heterocycles. The van der Waals surface area contributed by atoms with Crippen LogP contribution in [0.5, 0.6) is 5.75 Å². The minimum absolute atomic E-state index is 0.0257. The number of halogens is 2. The minimum Gasteiger partial charge on any atom is -0.484 e. The molecule has 10 heteroatoms. The van der Waals surface area contributed by atoms with E-state index in [1.165, 1.54) is 16.6 Å². The highest BCUT2D eigenvalue weighted by Gasteiger charge is 2.12. The molecular formula is C19H17ClFN5O3. The van der Waals surface area contributed by atoms with E-state index in [1.807, 2.05) is 0 Å². The Hall–Kier alpha value is -3.46. The van der Waals surface area contributed by atoms with Gasteiger partial charge < -0.3 is 15.4 Å². The van der Waals surface area contributed by atoms with Crippen LogP contribution in [0.1, 0.15) is 16.9 Å². The number of hydrogen-bond acceptors (Lipinski definition) is 5. The maximum Gasteiger partial charge on any atom is 0.275 e. The predicted molar refractivity (Wildman–Crippen MR) is 104 cm³/mol. The molecule has 3 rings (SSSR count). The minimum atomic E-state index is -0.627. The predicted octanol–water partition coefficient (Wildman–Crippen LogP) is 2.35. The van der Waals surface area contributed by atoms with Crippen molar-refractivity contribution in [1.29, 1.82) is 0 Å². The SMILES string of the molecule is C=C(CCNC(=O)COc1ccc(Cl)c(F)c1)NC(=O)c1cc2ncccn2n1. The number of nitrogens with one attached hydrogen (secondary N) is 2. The number of carbonyl (C=O) groups is 2. The van der Waals surface area contributed by atoms with E-state index < -0.39 is 17.6 Å². The second kappa shape index (κ2) is 9.16. The third-order valence-electron chi connectivity index (χ3n) is 3.77. The van der Waals surface area contributed by atoms with E-state index in [1.54, 1.807) is 24.5 Å². The number of amides is 2. The standard InChI is InChI=1S/C19H17ClFN5O3/c1-12(24-19(28)16-10-17-22-6-2-8-26(17)25-16)5-7-23-18(27)11-29-13-3-4-14(20)15(21)9-13/h2-4,6,8-10H,1,5,7,11H2,(H,23,27)(H,24,28). The van der Waals surface area contributed by atoms with E-state index in [2.05, 4.69) is 27.3 Å². The highest BCUT2D eigenvalue weighted by atomic mass is 35.5. The van der Waals surface area contributed by atoms with Gasteiger partial charge in [-0.05, 0) is 18.2 Å². The van der Waals surface area contributed by atoms with Crippen molar-refractivity contribution in [3.63, 3.8) is 0 Å². The smallest absolute Gasteiger partial charge is 0.275 e. The van der Waals surface area contributed by atoms with Gasteiger partial charge in [-0.25, -0.2) is 13.9 Å². The molecular weight excluding hydrogens is 401 g/mol. The average molecular weight is 418 g/mol. The summed E-state index contributed by atoms with van der Waals surface area (Å²) in [5.74, 6) is -1.25. The van der Waals surface area contributed by atoms with Crippen LogP contribution in [-0.4, -0.2) is 39.6 Å². The van der Waals surface area contributed by atoms with E-state index in [-0.39, 0.29) is 29.6 Å². The maximum absolute atomic E-state index is 13.3. The van der Waals surface area contributed by atoms with Gasteiger partial charge in [0.2, 0.25) is 0 Å². The van der Waals surface area contributed by atoms with E-state index >= 15 is 0 Å². The zero-order valence-electron chi connectivity index (χ0n) is 15.2. The van der Waals surface area contributed by atoms with Gasteiger partial charge in [-0.15, -0.1) is 0 Å². The molecule has 1 aromatic carbocycles. The zero-order valence-corrected chi connectivity index (χ0v) is 15.9. The van der Waals surface area contributed by atoms with Crippen LogP contribution in [0.4, 0.5) is 4.39 Å². The molecule has 2 amide bonds. The van der Waals surface area contributed by atoms with Crippen molar-refractivity contribution in [1.82, 2.24) is 25.2 Å². The van der Waals surface area contributed by atoms with Crippen LogP contribution in [0, 0.1) is 5.82 Å². The Morgan fingerprint density at radius 3 is 2.90 bits per heavy atom. The first-order chi connectivity index (χ1) is 13.9. The number of aromatic nitrogens is 3. The molecule has 8 nitrogen and oxygen atoms in total. The van der Waals surface area contributed by atoms with Crippen LogP contribution in [0.2, 0.25) is 5.02 Å². The molecule has 0 atom stereocenters. The lowest BCUT2D eigenvalue weighted by molar-refractivity contribution is -0.123. The van der Waals surface area contributed by atoms with Crippen LogP contribution in [-0.2, 0) is 4.79 Å². The molecule has 0 radical (unpaired) electrons. The molecule has 0 spiro atoms. The Bertz CT molecular complexity index is 1040. The average Bonchev–Trinajstić information content (AvgIpc) is 3.13. The van der Waals surface area contributed by atoms with Crippen LogP contribution in [0.15, 0.2) is 55.0 Å². The lowest BCUT2D eigenvalue weighted by atomic mass is 10.3. The second-order valence-corrected chi connectivity index (χ2v) is 6.38. The van der Waals surface area contributed by atoms with E-state index in [0.717, 1.165) is 6.07 Å². The van der Waals surface area contributed by atoms with Gasteiger partial charge in [0.15, 0.2) is 17.9 Å². The fraction of sp³-hybridized carbons (Fsp3) is 0.158. The van der Waals surface area contributed by atoms with Crippen LogP contribution in [0.25, 0.3) is 5.65 Å². The van der Waals surface area contributed by atoms with Crippen molar-refractivity contribution in [3.05, 3.63) is 71.5 Å². The van der Waals surface area contributed by atoms with E-state index in [4.69, 9.17) is 16.3 Å². The molecule has 0 saturated carbocycles. The summed E-state index contributed by atoms with van der Waals surface area (Å²) >= 11 is 5.58. The van der Waals surface area contributed by atoms with E-state index in [9.17, 15) is 14.0 Å². The van der Waals surface area contributed by atoms with Gasteiger partial charge in [-0.3, -0.25) is 9.59 Å². The Labute approximate surface area is 170 Å². The Morgan fingerprint density at radius 1 is 1.31 bits per heavy atom. The highest BCUT2D eigenvalue weighted by Crippen LogP contribution is 2.20. The molecule has 2 heterocycles. The molecule has 0 fully saturated rings. The summed E-state index contributed by atoms with van der Waals surface area (Å²) in [5.41, 5.74) is 1.18. The summed E-state index contributed by atoms with van der Waals surface area (Å²) < 4.78 is 20.0. The molecule has 0 saturated heterocycles. The van der Waals surface area contributed by atoms with Gasteiger partial charge in [-0.2, -0.15) is 5.10 Å². The molecule has 0 aliphatic heterocycles. The summed E-state index contributed by atoms with van der Waals surface area (Å²) in [6.45, 7) is 3.72. The first-order valence-corrected chi connectivity index (χ1v) is 8.94. The first kappa shape index (κ1) is 20.3. The first-order valence-electron chi connectivity index (χ1n) is 8.56. The molecule has 3 aromatic rings. The van der Waals surface area contributed by atoms with Crippen molar-refractivity contribution in [3.8, 4) is 5.75 Å². The highest BCUT2D eigenvalue weighted by molar-refractivity contribution is 6.30. The Balaban J connectivity index is 1.39. The quantitative estimate of drug-likeness (QED) is 0.586. The number of nitrogens with zero attached hydrogens (tertiary/aromatic N) is 3. The summed E-state index contributed by atoms with van der Waals surface area (Å²) in [6, 6.07) is 7.17. The number of ether oxygens (including phenoxy) is 1. The fourth-order valence-electron chi connectivity index (χ4n) is 2.35. The summed E-state index contributed by atoms with van der Waals surface area (Å²) in [4.78, 5) is 28.1. The number of fused-ring (bicyclic) bond motifs is 1. The lowest BCUT2D eigenvalue weighted by Gasteiger charge is -2.09. The summed E-state index contributed by atoms with van der Waals surface area (Å²) in [6.07, 6.45) is 3.61. The van der Waals surface area contributed by atoms with Crippen molar-refractivity contribution in [2.45, 2.75) is 6.42 Å². The molecule has 150 valence electrons. The fourth-order valence-corrected chi connectivity index (χ4v) is 2.47. The summed E-state index contributed by atoms with van der Waals surface area (Å²) in [7, 11) is 0. The lowest BCUT2D eigenvalue weighted by Crippen LogP contribution is -2.31. The van der Waals surface area contributed by atoms with Gasteiger partial charge in [0.25, 0.3) is 11.8 Å². The van der Waals surface area contributed by atoms with Gasteiger partial charge in [0.05, 0.1) is 5.02 Å². The molecule has 2 N–H and O–H groups in total. The van der Waals surface area contributed by atoms with Crippen molar-refractivity contribution in [2.24, 2.45) is 0 Å². The number of hydrogen-bond donors (Lipinski definition) is 2. The van der Waals surface area contributed by atoms with Crippen molar-refractivity contribution in [2.75, 3.05) is 13.2 Å². The third kappa shape index (κ3) is 5.52. The second-order valence-electron chi connectivity index (χ2n) is 5.97. The van der Waals surface area contributed by atoms with Crippen LogP contribution < -0.4 is 15.4 Å². The molecule has 0 aliphatic rings. The van der Waals surface area contributed by atoms with E-state index in [0.29, 0.717) is 17.8 Å². The monoisotopic (exact) mass is 417 g/mol. The largest absolute Gasteiger partial charge is 0.484 e. The van der Waals surface area contributed by atoms with Gasteiger partial charge in [0, 0.05) is 43.2 Å². The van der Waals surface area contributed by atoms with Gasteiger partial charge >= 0.3 is 0 Å². The Morgan fingerprint density at radius 2 is 2.14 bits per heavy atom. The van der Waals surface area contributed by atoms with Crippen LogP contribution >= 0.6 is 11.6 Å². The summed E-state index contributed by atoms with van der Waals surface area (Å²) in [5, 5.41) is 9.34. The van der Waals surface area contributed by atoms with Gasteiger partial charge in [-0.1, -0.05) is 18.2 Å².